The molecule has 0 bridgehead atoms. The molecule has 0 amide bonds. The van der Waals surface area contributed by atoms with Gasteiger partial charge in [0.25, 0.3) is 0 Å². The smallest absolute Gasteiger partial charge is 0.339 e. The van der Waals surface area contributed by atoms with Crippen LogP contribution in [0.3, 0.4) is 0 Å². The van der Waals surface area contributed by atoms with Crippen LogP contribution >= 0.6 is 0 Å². The van der Waals surface area contributed by atoms with E-state index in [1.165, 1.54) is 12.1 Å². The van der Waals surface area contributed by atoms with E-state index >= 15 is 0 Å². The van der Waals surface area contributed by atoms with Crippen molar-refractivity contribution >= 4 is 26.8 Å². The van der Waals surface area contributed by atoms with Crippen molar-refractivity contribution in [2.75, 3.05) is 19.0 Å². The molecule has 0 saturated heterocycles. The zero-order valence-electron chi connectivity index (χ0n) is 16.4. The van der Waals surface area contributed by atoms with Crippen LogP contribution in [-0.2, 0) is 10.1 Å². The number of hydrogen-bond acceptors (Lipinski definition) is 6. The van der Waals surface area contributed by atoms with E-state index < -0.39 is 15.5 Å². The van der Waals surface area contributed by atoms with E-state index in [0.29, 0.717) is 11.1 Å². The van der Waals surface area contributed by atoms with Gasteiger partial charge in [0.15, 0.2) is 5.76 Å². The molecule has 0 atom stereocenters. The third kappa shape index (κ3) is 3.67. The molecule has 0 aliphatic carbocycles. The Hall–Kier alpha value is -3.58. The quantitative estimate of drug-likeness (QED) is 0.447. The Balaban J connectivity index is 1.92. The maximum Gasteiger partial charge on any atom is 0.339 e. The second-order valence-electron chi connectivity index (χ2n) is 6.88. The van der Waals surface area contributed by atoms with Crippen LogP contribution in [0.5, 0.6) is 5.75 Å². The lowest BCUT2D eigenvalue weighted by atomic mass is 10.1. The van der Waals surface area contributed by atoms with Crippen molar-refractivity contribution in [3.05, 3.63) is 89.1 Å². The second kappa shape index (κ2) is 7.68. The van der Waals surface area contributed by atoms with Gasteiger partial charge < -0.3 is 13.5 Å². The summed E-state index contributed by atoms with van der Waals surface area (Å²) in [5, 5.41) is 0.240. The normalized spacial score (nSPS) is 11.4. The Kier molecular flexibility index (Phi) is 5.05. The molecule has 1 aromatic heterocycles. The third-order valence-electron chi connectivity index (χ3n) is 4.63. The maximum atomic E-state index is 13.1. The first-order valence-corrected chi connectivity index (χ1v) is 10.6. The second-order valence-corrected chi connectivity index (χ2v) is 8.42. The molecule has 0 radical (unpaired) electrons. The Morgan fingerprint density at radius 1 is 0.833 bits per heavy atom. The van der Waals surface area contributed by atoms with Crippen molar-refractivity contribution in [1.29, 1.82) is 0 Å². The topological polar surface area (TPSA) is 76.8 Å². The zero-order chi connectivity index (χ0) is 21.3. The van der Waals surface area contributed by atoms with E-state index in [1.807, 2.05) is 31.1 Å². The van der Waals surface area contributed by atoms with Gasteiger partial charge in [-0.3, -0.25) is 4.79 Å². The van der Waals surface area contributed by atoms with Gasteiger partial charge in [0.05, 0.1) is 5.39 Å². The predicted octanol–water partition coefficient (Wildman–Crippen LogP) is 4.29. The molecule has 1 heterocycles. The summed E-state index contributed by atoms with van der Waals surface area (Å²) in [4.78, 5) is 15.0. The van der Waals surface area contributed by atoms with Gasteiger partial charge in [0, 0.05) is 25.3 Å². The van der Waals surface area contributed by atoms with Crippen molar-refractivity contribution in [3.8, 4) is 17.1 Å². The molecule has 0 N–H and O–H groups in total. The number of anilines is 1. The lowest BCUT2D eigenvalue weighted by molar-refractivity contribution is 0.472. The number of para-hydroxylation sites is 1. The van der Waals surface area contributed by atoms with Gasteiger partial charge >= 0.3 is 10.1 Å². The summed E-state index contributed by atoms with van der Waals surface area (Å²) < 4.78 is 36.9. The minimum Gasteiger partial charge on any atom is -0.452 e. The van der Waals surface area contributed by atoms with Crippen LogP contribution in [0.4, 0.5) is 5.69 Å². The summed E-state index contributed by atoms with van der Waals surface area (Å²) in [5.41, 5.74) is 1.27. The summed E-state index contributed by atoms with van der Waals surface area (Å²) in [7, 11) is -0.407. The summed E-state index contributed by atoms with van der Waals surface area (Å²) in [6.07, 6.45) is 0. The fourth-order valence-corrected chi connectivity index (χ4v) is 4.00. The first-order valence-electron chi connectivity index (χ1n) is 9.20. The molecular weight excluding hydrogens is 402 g/mol. The van der Waals surface area contributed by atoms with Crippen LogP contribution < -0.4 is 14.5 Å². The highest BCUT2D eigenvalue weighted by atomic mass is 32.2. The lowest BCUT2D eigenvalue weighted by Crippen LogP contribution is -2.16. The SMILES string of the molecule is CN(C)c1ccc(-c2oc3ccccc3c(=O)c2OS(=O)(=O)c2ccccc2)cc1. The molecular formula is C23H19NO5S. The van der Waals surface area contributed by atoms with Crippen molar-refractivity contribution in [2.24, 2.45) is 0 Å². The first kappa shape index (κ1) is 19.7. The number of nitrogens with zero attached hydrogens (tertiary/aromatic N) is 1. The highest BCUT2D eigenvalue weighted by molar-refractivity contribution is 7.87. The van der Waals surface area contributed by atoms with E-state index in [2.05, 4.69) is 0 Å². The Labute approximate surface area is 174 Å². The predicted molar refractivity (Wildman–Crippen MR) is 117 cm³/mol. The van der Waals surface area contributed by atoms with Crippen LogP contribution in [0.1, 0.15) is 0 Å². The van der Waals surface area contributed by atoms with Gasteiger partial charge in [0.1, 0.15) is 10.5 Å². The lowest BCUT2D eigenvalue weighted by Gasteiger charge is -2.14. The number of rotatable bonds is 5. The van der Waals surface area contributed by atoms with Crippen LogP contribution in [-0.4, -0.2) is 22.5 Å². The van der Waals surface area contributed by atoms with E-state index in [9.17, 15) is 13.2 Å². The first-order chi connectivity index (χ1) is 14.4. The molecule has 4 aromatic rings. The number of hydrogen-bond donors (Lipinski definition) is 0. The molecule has 0 aliphatic heterocycles. The average Bonchev–Trinajstić information content (AvgIpc) is 2.76. The van der Waals surface area contributed by atoms with Crippen molar-refractivity contribution in [2.45, 2.75) is 4.90 Å². The molecule has 0 fully saturated rings. The maximum absolute atomic E-state index is 13.1. The van der Waals surface area contributed by atoms with Crippen molar-refractivity contribution < 1.29 is 17.0 Å². The minimum atomic E-state index is -4.22. The third-order valence-corrected chi connectivity index (χ3v) is 5.86. The average molecular weight is 421 g/mol. The van der Waals surface area contributed by atoms with E-state index in [1.54, 1.807) is 54.6 Å². The molecule has 0 spiro atoms. The number of benzene rings is 3. The fourth-order valence-electron chi connectivity index (χ4n) is 3.05. The van der Waals surface area contributed by atoms with Gasteiger partial charge in [-0.25, -0.2) is 0 Å². The molecule has 0 unspecified atom stereocenters. The van der Waals surface area contributed by atoms with Gasteiger partial charge in [-0.05, 0) is 48.5 Å². The Bertz CT molecular complexity index is 1360. The van der Waals surface area contributed by atoms with Crippen LogP contribution in [0.2, 0.25) is 0 Å². The molecule has 7 heteroatoms. The van der Waals surface area contributed by atoms with Crippen molar-refractivity contribution in [3.63, 3.8) is 0 Å². The summed E-state index contributed by atoms with van der Waals surface area (Å²) in [6, 6.07) is 21.5. The van der Waals surface area contributed by atoms with Gasteiger partial charge in [-0.2, -0.15) is 8.42 Å². The molecule has 4 rings (SSSR count). The van der Waals surface area contributed by atoms with E-state index in [4.69, 9.17) is 8.60 Å². The molecule has 6 nitrogen and oxygen atoms in total. The summed E-state index contributed by atoms with van der Waals surface area (Å²) in [6.45, 7) is 0. The largest absolute Gasteiger partial charge is 0.452 e. The van der Waals surface area contributed by atoms with Gasteiger partial charge in [-0.15, -0.1) is 0 Å². The van der Waals surface area contributed by atoms with E-state index in [-0.39, 0.29) is 21.8 Å². The Morgan fingerprint density at radius 2 is 1.47 bits per heavy atom. The zero-order valence-corrected chi connectivity index (χ0v) is 17.2. The summed E-state index contributed by atoms with van der Waals surface area (Å²) in [5.74, 6) is -0.307. The van der Waals surface area contributed by atoms with Gasteiger partial charge in [0.2, 0.25) is 11.2 Å². The molecule has 152 valence electrons. The van der Waals surface area contributed by atoms with Crippen LogP contribution in [0, 0.1) is 0 Å². The molecule has 0 aliphatic rings. The highest BCUT2D eigenvalue weighted by Crippen LogP contribution is 2.33. The van der Waals surface area contributed by atoms with Crippen molar-refractivity contribution in [1.82, 2.24) is 0 Å². The summed E-state index contributed by atoms with van der Waals surface area (Å²) >= 11 is 0. The highest BCUT2D eigenvalue weighted by Gasteiger charge is 2.24. The number of fused-ring (bicyclic) bond motifs is 1. The van der Waals surface area contributed by atoms with Gasteiger partial charge in [-0.1, -0.05) is 30.3 Å². The Morgan fingerprint density at radius 3 is 2.13 bits per heavy atom. The molecule has 0 saturated carbocycles. The minimum absolute atomic E-state index is 0.0496. The monoisotopic (exact) mass is 421 g/mol. The van der Waals surface area contributed by atoms with Crippen LogP contribution in [0.25, 0.3) is 22.3 Å². The van der Waals surface area contributed by atoms with E-state index in [0.717, 1.165) is 5.69 Å². The molecule has 3 aromatic carbocycles. The fraction of sp³-hybridized carbons (Fsp3) is 0.0870. The molecule has 30 heavy (non-hydrogen) atoms. The standard InChI is InChI=1S/C23H19NO5S/c1-24(2)17-14-12-16(13-15-17)22-23(21(25)19-10-6-7-11-20(19)28-22)29-30(26,27)18-8-4-3-5-9-18/h3-15H,1-2H3. The van der Waals surface area contributed by atoms with Crippen LogP contribution in [0.15, 0.2) is 93.0 Å².